The number of phenols is 1. The Labute approximate surface area is 452 Å². The van der Waals surface area contributed by atoms with Crippen LogP contribution in [0.25, 0.3) is 94.9 Å². The Morgan fingerprint density at radius 3 is 1.77 bits per heavy atom. The molecule has 0 unspecified atom stereocenters. The van der Waals surface area contributed by atoms with Crippen molar-refractivity contribution in [2.75, 3.05) is 0 Å². The number of nitrogens with zero attached hydrogens (tertiary/aromatic N) is 4. The number of phenolic OH excluding ortho intramolecular Hbond substituents is 1. The van der Waals surface area contributed by atoms with Gasteiger partial charge in [0.15, 0.2) is 0 Å². The van der Waals surface area contributed by atoms with E-state index in [2.05, 4.69) is 242 Å². The monoisotopic (exact) mass is 1160 g/mol. The maximum absolute atomic E-state index is 12.6. The van der Waals surface area contributed by atoms with Gasteiger partial charge in [-0.15, -0.1) is 17.7 Å². The molecule has 0 radical (unpaired) electrons. The van der Waals surface area contributed by atoms with E-state index in [-0.39, 0.29) is 53.9 Å². The summed E-state index contributed by atoms with van der Waals surface area (Å²) in [5, 5.41) is 14.4. The Hall–Kier alpha value is -6.62. The second kappa shape index (κ2) is 18.6. The molecule has 4 aromatic heterocycles. The minimum atomic E-state index is -0.349. The summed E-state index contributed by atoms with van der Waals surface area (Å²) < 4.78 is 9.19. The molecule has 0 fully saturated rings. The van der Waals surface area contributed by atoms with Gasteiger partial charge in [-0.1, -0.05) is 194 Å². The number of para-hydroxylation sites is 2. The van der Waals surface area contributed by atoms with Crippen molar-refractivity contribution in [2.24, 2.45) is 0 Å². The van der Waals surface area contributed by atoms with E-state index in [1.165, 1.54) is 11.1 Å². The zero-order chi connectivity index (χ0) is 52.2. The third-order valence-corrected chi connectivity index (χ3v) is 14.4. The molecule has 0 bridgehead atoms. The maximum Gasteiger partial charge on any atom is 0.218 e. The number of hydrogen-bond donors (Lipinski definition) is 1. The molecular formula is C67H69N4O2Pt-. The van der Waals surface area contributed by atoms with Gasteiger partial charge < -0.3 is 9.52 Å². The van der Waals surface area contributed by atoms with Crippen molar-refractivity contribution in [1.29, 1.82) is 0 Å². The van der Waals surface area contributed by atoms with E-state index in [4.69, 9.17) is 19.4 Å². The molecule has 0 aliphatic heterocycles. The van der Waals surface area contributed by atoms with E-state index in [9.17, 15) is 5.11 Å². The predicted molar refractivity (Wildman–Crippen MR) is 305 cm³/mol. The molecule has 4 heterocycles. The molecular weight excluding hydrogens is 1090 g/mol. The van der Waals surface area contributed by atoms with E-state index < -0.39 is 0 Å². The van der Waals surface area contributed by atoms with Crippen LogP contribution in [0.1, 0.15) is 132 Å². The summed E-state index contributed by atoms with van der Waals surface area (Å²) in [5.74, 6) is 0.879. The average Bonchev–Trinajstić information content (AvgIpc) is 3.91. The van der Waals surface area contributed by atoms with Crippen LogP contribution in [0.4, 0.5) is 0 Å². The number of fused-ring (bicyclic) bond motifs is 4. The number of hydrogen-bond acceptors (Lipinski definition) is 5. The Morgan fingerprint density at radius 1 is 0.500 bits per heavy atom. The third-order valence-electron chi connectivity index (χ3n) is 14.4. The molecule has 74 heavy (non-hydrogen) atoms. The van der Waals surface area contributed by atoms with Crippen molar-refractivity contribution < 1.29 is 30.6 Å². The number of pyridine rings is 2. The van der Waals surface area contributed by atoms with Gasteiger partial charge in [0, 0.05) is 55.0 Å². The summed E-state index contributed by atoms with van der Waals surface area (Å²) in [6.45, 7) is 33.4. The second-order valence-corrected chi connectivity index (χ2v) is 25.2. The van der Waals surface area contributed by atoms with Gasteiger partial charge in [-0.25, -0.2) is 9.97 Å². The van der Waals surface area contributed by atoms with Crippen molar-refractivity contribution in [3.8, 4) is 67.6 Å². The van der Waals surface area contributed by atoms with E-state index >= 15 is 0 Å². The van der Waals surface area contributed by atoms with E-state index in [0.717, 1.165) is 89.0 Å². The van der Waals surface area contributed by atoms with Crippen LogP contribution in [0.3, 0.4) is 0 Å². The molecule has 0 saturated carbocycles. The van der Waals surface area contributed by atoms with E-state index in [0.29, 0.717) is 22.7 Å². The van der Waals surface area contributed by atoms with Crippen LogP contribution in [0, 0.1) is 6.07 Å². The van der Waals surface area contributed by atoms with Gasteiger partial charge in [0.2, 0.25) is 5.71 Å². The number of furan rings is 1. The number of aromatic hydroxyl groups is 1. The van der Waals surface area contributed by atoms with Crippen LogP contribution in [0.2, 0.25) is 0 Å². The van der Waals surface area contributed by atoms with Crippen LogP contribution in [-0.2, 0) is 48.1 Å². The van der Waals surface area contributed by atoms with Crippen LogP contribution in [-0.4, -0.2) is 24.6 Å². The minimum absolute atomic E-state index is 0. The first-order chi connectivity index (χ1) is 34.3. The fraction of sp³-hybridized carbons (Fsp3) is 0.299. The number of imidazole rings is 1. The first-order valence-corrected chi connectivity index (χ1v) is 25.7. The second-order valence-electron chi connectivity index (χ2n) is 25.2. The molecule has 10 rings (SSSR count). The normalized spacial score (nSPS) is 12.7. The number of rotatable bonds is 6. The van der Waals surface area contributed by atoms with Crippen molar-refractivity contribution in [3.05, 3.63) is 174 Å². The topological polar surface area (TPSA) is 77.0 Å². The van der Waals surface area contributed by atoms with Gasteiger partial charge in [0.25, 0.3) is 0 Å². The Bertz CT molecular complexity index is 3740. The molecule has 6 nitrogen and oxygen atoms in total. The number of aromatic nitrogens is 4. The van der Waals surface area contributed by atoms with Gasteiger partial charge in [-0.3, -0.25) is 9.55 Å². The predicted octanol–water partition coefficient (Wildman–Crippen LogP) is 18.0. The fourth-order valence-corrected chi connectivity index (χ4v) is 9.94. The molecule has 0 aliphatic rings. The molecule has 7 heteroatoms. The summed E-state index contributed by atoms with van der Waals surface area (Å²) in [7, 11) is 0. The van der Waals surface area contributed by atoms with Crippen molar-refractivity contribution >= 4 is 33.1 Å². The molecule has 0 spiro atoms. The summed E-state index contributed by atoms with van der Waals surface area (Å²) >= 11 is 0. The van der Waals surface area contributed by atoms with Gasteiger partial charge in [0.1, 0.15) is 11.6 Å². The molecule has 0 amide bonds. The van der Waals surface area contributed by atoms with Gasteiger partial charge in [-0.2, -0.15) is 0 Å². The SMILES string of the molecule is CC(C)(C)c1cc(-c2ccc3c(n2)oc2c(-c4cc(C(C)(C)C)ccn4)[c-]c(-c4cccc5c4nc(-c4cc(C(C)(C)C)cc(C(C)(C)C)c4O)n5-c4ccccc4-c4ccccc4)cc23)cc(C(C)(C)C)c1.[Pt]. The zero-order valence-corrected chi connectivity index (χ0v) is 48.0. The van der Waals surface area contributed by atoms with E-state index in [1.54, 1.807) is 0 Å². The average molecular weight is 1160 g/mol. The van der Waals surface area contributed by atoms with Gasteiger partial charge in [-0.05, 0) is 109 Å². The molecule has 0 saturated heterocycles. The summed E-state index contributed by atoms with van der Waals surface area (Å²) in [5.41, 5.74) is 16.7. The van der Waals surface area contributed by atoms with Crippen LogP contribution in [0.5, 0.6) is 5.75 Å². The van der Waals surface area contributed by atoms with Crippen molar-refractivity contribution in [2.45, 2.75) is 131 Å². The van der Waals surface area contributed by atoms with Crippen molar-refractivity contribution in [1.82, 2.24) is 19.5 Å². The fourth-order valence-electron chi connectivity index (χ4n) is 9.94. The van der Waals surface area contributed by atoms with Crippen molar-refractivity contribution in [3.63, 3.8) is 0 Å². The molecule has 6 aromatic carbocycles. The Morgan fingerprint density at radius 2 is 1.12 bits per heavy atom. The molecule has 380 valence electrons. The minimum Gasteiger partial charge on any atom is -0.507 e. The summed E-state index contributed by atoms with van der Waals surface area (Å²) in [4.78, 5) is 16.0. The quantitative estimate of drug-likeness (QED) is 0.168. The maximum atomic E-state index is 12.6. The van der Waals surface area contributed by atoms with Crippen LogP contribution in [0.15, 0.2) is 144 Å². The van der Waals surface area contributed by atoms with E-state index in [1.807, 2.05) is 12.3 Å². The Balaban J connectivity index is 0.00000672. The van der Waals surface area contributed by atoms with Crippen LogP contribution < -0.4 is 0 Å². The standard InChI is InChI=1S/C67H69N4O2.Pt/c1-63(2,3)43-30-31-68-55(39-43)51-35-41(34-50-49-28-29-54(69-62(49)73-60(50)51)42-32-44(64(4,5)6)36-45(33-42)65(7,8)9)48-25-21-27-57-58(48)70-61(52-37-46(66(10,11)12)38-53(59(52)72)67(13,14)15)71(57)56-26-20-19-24-47(56)40-22-17-16-18-23-40;/h16-34,36-39,72H,1-15H3;/q-1;. The van der Waals surface area contributed by atoms with Gasteiger partial charge in [0.05, 0.1) is 33.6 Å². The molecule has 1 N–H and O–H groups in total. The third kappa shape index (κ3) is 9.67. The zero-order valence-electron chi connectivity index (χ0n) is 45.7. The first kappa shape index (κ1) is 52.2. The summed E-state index contributed by atoms with van der Waals surface area (Å²) in [6.07, 6.45) is 1.89. The van der Waals surface area contributed by atoms with Gasteiger partial charge >= 0.3 is 0 Å². The molecule has 10 aromatic rings. The summed E-state index contributed by atoms with van der Waals surface area (Å²) in [6, 6.07) is 51.1. The largest absolute Gasteiger partial charge is 0.507 e. The molecule has 0 aliphatic carbocycles. The first-order valence-electron chi connectivity index (χ1n) is 25.7. The smallest absolute Gasteiger partial charge is 0.218 e. The number of benzene rings is 6. The molecule has 0 atom stereocenters. The Kier molecular flexibility index (Phi) is 13.2. The van der Waals surface area contributed by atoms with Crippen LogP contribution >= 0.6 is 0 Å².